The number of ether oxygens (including phenoxy) is 2. The van der Waals surface area contributed by atoms with E-state index in [1.807, 2.05) is 36.9 Å². The van der Waals surface area contributed by atoms with Crippen molar-refractivity contribution in [3.05, 3.63) is 29.3 Å². The number of carbonyl (C=O) groups is 1. The molecular weight excluding hydrogens is 284 g/mol. The molecule has 21 heavy (non-hydrogen) atoms. The predicted octanol–water partition coefficient (Wildman–Crippen LogP) is 3.49. The van der Waals surface area contributed by atoms with Crippen molar-refractivity contribution >= 4 is 17.5 Å². The summed E-state index contributed by atoms with van der Waals surface area (Å²) in [4.78, 5) is 12.9. The molecule has 2 aliphatic heterocycles. The topological polar surface area (TPSA) is 35.5 Å². The van der Waals surface area contributed by atoms with Crippen LogP contribution in [0.4, 0.5) is 0 Å². The van der Waals surface area contributed by atoms with Crippen molar-refractivity contribution < 1.29 is 14.3 Å². The minimum Gasteiger partial charge on any atom is -0.496 e. The van der Waals surface area contributed by atoms with Crippen molar-refractivity contribution in [2.75, 3.05) is 25.2 Å². The van der Waals surface area contributed by atoms with E-state index < -0.39 is 0 Å². The van der Waals surface area contributed by atoms with Crippen LogP contribution >= 0.6 is 11.8 Å². The lowest BCUT2D eigenvalue weighted by Gasteiger charge is -2.37. The fourth-order valence-corrected chi connectivity index (χ4v) is 4.73. The Morgan fingerprint density at radius 3 is 3.05 bits per heavy atom. The van der Waals surface area contributed by atoms with Crippen molar-refractivity contribution in [2.24, 2.45) is 5.92 Å². The summed E-state index contributed by atoms with van der Waals surface area (Å²) in [6.07, 6.45) is 2.75. The number of rotatable bonds is 3. The van der Waals surface area contributed by atoms with E-state index in [9.17, 15) is 4.79 Å². The van der Waals surface area contributed by atoms with E-state index in [0.29, 0.717) is 12.4 Å². The quantitative estimate of drug-likeness (QED) is 0.801. The molecule has 0 aliphatic carbocycles. The van der Waals surface area contributed by atoms with Gasteiger partial charge in [0.05, 0.1) is 18.3 Å². The summed E-state index contributed by atoms with van der Waals surface area (Å²) in [5, 5.41) is 0. The lowest BCUT2D eigenvalue weighted by molar-refractivity contribution is -0.0734. The molecule has 0 bridgehead atoms. The third kappa shape index (κ3) is 2.97. The maximum absolute atomic E-state index is 12.9. The molecule has 114 valence electrons. The van der Waals surface area contributed by atoms with Gasteiger partial charge in [-0.05, 0) is 44.1 Å². The molecule has 3 nitrogen and oxygen atoms in total. The Labute approximate surface area is 130 Å². The number of carbonyl (C=O) groups excluding carboxylic acids is 1. The molecule has 0 N–H and O–H groups in total. The van der Waals surface area contributed by atoms with E-state index in [1.165, 1.54) is 0 Å². The Bertz CT molecular complexity index is 535. The highest BCUT2D eigenvalue weighted by molar-refractivity contribution is 7.99. The average Bonchev–Trinajstić information content (AvgIpc) is 2.94. The van der Waals surface area contributed by atoms with Crippen molar-refractivity contribution in [3.8, 4) is 5.75 Å². The van der Waals surface area contributed by atoms with Crippen LogP contribution in [0.25, 0.3) is 0 Å². The molecule has 2 aliphatic rings. The van der Waals surface area contributed by atoms with Crippen molar-refractivity contribution in [3.63, 3.8) is 0 Å². The fourth-order valence-electron chi connectivity index (χ4n) is 3.35. The Hall–Kier alpha value is -1.00. The maximum Gasteiger partial charge on any atom is 0.169 e. The standard InChI is InChI=1S/C17H22O3S/c1-12-3-4-15(19-2)14(9-12)16(18)13-5-7-20-17(10-13)6-8-21-11-17/h3-4,9,13H,5-8,10-11H2,1-2H3. The van der Waals surface area contributed by atoms with Gasteiger partial charge in [-0.2, -0.15) is 11.8 Å². The van der Waals surface area contributed by atoms with Crippen LogP contribution in [0, 0.1) is 12.8 Å². The molecule has 2 saturated heterocycles. The highest BCUT2D eigenvalue weighted by atomic mass is 32.2. The monoisotopic (exact) mass is 306 g/mol. The number of benzene rings is 1. The number of thioether (sulfide) groups is 1. The van der Waals surface area contributed by atoms with Gasteiger partial charge in [-0.3, -0.25) is 4.79 Å². The second-order valence-electron chi connectivity index (χ2n) is 6.09. The van der Waals surface area contributed by atoms with Crippen LogP contribution < -0.4 is 4.74 Å². The van der Waals surface area contributed by atoms with Gasteiger partial charge in [0.1, 0.15) is 5.75 Å². The van der Waals surface area contributed by atoms with E-state index >= 15 is 0 Å². The molecule has 4 heteroatoms. The van der Waals surface area contributed by atoms with Crippen molar-refractivity contribution in [2.45, 2.75) is 31.8 Å². The molecule has 0 radical (unpaired) electrons. The van der Waals surface area contributed by atoms with Gasteiger partial charge < -0.3 is 9.47 Å². The van der Waals surface area contributed by atoms with Gasteiger partial charge in [-0.25, -0.2) is 0 Å². The molecule has 1 aromatic carbocycles. The largest absolute Gasteiger partial charge is 0.496 e. The second kappa shape index (κ2) is 6.01. The highest BCUT2D eigenvalue weighted by Crippen LogP contribution is 2.41. The molecule has 2 unspecified atom stereocenters. The van der Waals surface area contributed by atoms with E-state index in [-0.39, 0.29) is 17.3 Å². The zero-order valence-corrected chi connectivity index (χ0v) is 13.5. The SMILES string of the molecule is COc1ccc(C)cc1C(=O)C1CCOC2(CCSC2)C1. The van der Waals surface area contributed by atoms with Gasteiger partial charge in [0.15, 0.2) is 5.78 Å². The van der Waals surface area contributed by atoms with Gasteiger partial charge >= 0.3 is 0 Å². The van der Waals surface area contributed by atoms with Crippen LogP contribution in [0.2, 0.25) is 0 Å². The Balaban J connectivity index is 1.83. The third-order valence-corrected chi connectivity index (χ3v) is 5.77. The van der Waals surface area contributed by atoms with E-state index in [4.69, 9.17) is 9.47 Å². The lowest BCUT2D eigenvalue weighted by Crippen LogP contribution is -2.42. The highest BCUT2D eigenvalue weighted by Gasteiger charge is 2.42. The summed E-state index contributed by atoms with van der Waals surface area (Å²) in [5.41, 5.74) is 1.77. The summed E-state index contributed by atoms with van der Waals surface area (Å²) in [6, 6.07) is 5.82. The Kier molecular flexibility index (Phi) is 4.27. The first kappa shape index (κ1) is 14.9. The van der Waals surface area contributed by atoms with Crippen molar-refractivity contribution in [1.29, 1.82) is 0 Å². The van der Waals surface area contributed by atoms with E-state index in [2.05, 4.69) is 0 Å². The first-order valence-electron chi connectivity index (χ1n) is 7.54. The van der Waals surface area contributed by atoms with Crippen LogP contribution in [0.5, 0.6) is 5.75 Å². The van der Waals surface area contributed by atoms with Crippen LogP contribution in [-0.4, -0.2) is 36.6 Å². The summed E-state index contributed by atoms with van der Waals surface area (Å²) >= 11 is 1.94. The minimum atomic E-state index is -0.0553. The number of methoxy groups -OCH3 is 1. The summed E-state index contributed by atoms with van der Waals surface area (Å²) in [7, 11) is 1.63. The maximum atomic E-state index is 12.9. The molecule has 0 saturated carbocycles. The predicted molar refractivity (Wildman–Crippen MR) is 85.4 cm³/mol. The smallest absolute Gasteiger partial charge is 0.169 e. The molecule has 2 fully saturated rings. The Morgan fingerprint density at radius 2 is 2.33 bits per heavy atom. The zero-order chi connectivity index (χ0) is 14.9. The van der Waals surface area contributed by atoms with Gasteiger partial charge in [0.2, 0.25) is 0 Å². The van der Waals surface area contributed by atoms with Gasteiger partial charge in [-0.15, -0.1) is 0 Å². The summed E-state index contributed by atoms with van der Waals surface area (Å²) in [5.74, 6) is 3.14. The molecule has 2 atom stereocenters. The second-order valence-corrected chi connectivity index (χ2v) is 7.20. The molecular formula is C17H22O3S. The molecule has 1 spiro atoms. The first-order valence-corrected chi connectivity index (χ1v) is 8.70. The molecule has 2 heterocycles. The third-order valence-electron chi connectivity index (χ3n) is 4.55. The Morgan fingerprint density at radius 1 is 1.48 bits per heavy atom. The number of Topliss-reactive ketones (excluding diaryl/α,β-unsaturated/α-hetero) is 1. The average molecular weight is 306 g/mol. The summed E-state index contributed by atoms with van der Waals surface area (Å²) in [6.45, 7) is 2.71. The van der Waals surface area contributed by atoms with Gasteiger partial charge in [0, 0.05) is 18.3 Å². The first-order chi connectivity index (χ1) is 10.1. The molecule has 0 amide bonds. The number of ketones is 1. The van der Waals surface area contributed by atoms with E-state index in [1.54, 1.807) is 7.11 Å². The fraction of sp³-hybridized carbons (Fsp3) is 0.588. The normalized spacial score (nSPS) is 28.8. The number of aryl methyl sites for hydroxylation is 1. The van der Waals surface area contributed by atoms with E-state index in [0.717, 1.165) is 41.9 Å². The molecule has 0 aromatic heterocycles. The molecule has 3 rings (SSSR count). The number of hydrogen-bond acceptors (Lipinski definition) is 4. The van der Waals surface area contributed by atoms with Crippen LogP contribution in [-0.2, 0) is 4.74 Å². The summed E-state index contributed by atoms with van der Waals surface area (Å²) < 4.78 is 11.4. The number of hydrogen-bond donors (Lipinski definition) is 0. The van der Waals surface area contributed by atoms with Crippen molar-refractivity contribution in [1.82, 2.24) is 0 Å². The molecule has 1 aromatic rings. The lowest BCUT2D eigenvalue weighted by atomic mass is 9.81. The van der Waals surface area contributed by atoms with Crippen LogP contribution in [0.3, 0.4) is 0 Å². The zero-order valence-electron chi connectivity index (χ0n) is 12.7. The van der Waals surface area contributed by atoms with Crippen LogP contribution in [0.15, 0.2) is 18.2 Å². The van der Waals surface area contributed by atoms with Gasteiger partial charge in [-0.1, -0.05) is 11.6 Å². The van der Waals surface area contributed by atoms with Gasteiger partial charge in [0.25, 0.3) is 0 Å². The van der Waals surface area contributed by atoms with Crippen LogP contribution in [0.1, 0.15) is 35.2 Å². The minimum absolute atomic E-state index is 0.0553.